The number of azo groups is 1. The summed E-state index contributed by atoms with van der Waals surface area (Å²) >= 11 is 0. The number of rotatable bonds is 7. The average molecular weight is 258 g/mol. The van der Waals surface area contributed by atoms with Crippen LogP contribution >= 0.6 is 0 Å². The van der Waals surface area contributed by atoms with Crippen LogP contribution in [-0.2, 0) is 9.47 Å². The Morgan fingerprint density at radius 1 is 1.00 bits per heavy atom. The smallest absolute Gasteiger partial charge is 0.447 e. The molecule has 0 spiro atoms. The monoisotopic (exact) mass is 258 g/mol. The summed E-state index contributed by atoms with van der Waals surface area (Å²) in [6.45, 7) is 5.81. The molecule has 6 nitrogen and oxygen atoms in total. The van der Waals surface area contributed by atoms with Crippen molar-refractivity contribution in [1.82, 2.24) is 0 Å². The molecule has 0 aliphatic heterocycles. The number of unbranched alkanes of at least 4 members (excludes halogenated alkanes) is 4. The number of amides is 2. The van der Waals surface area contributed by atoms with Gasteiger partial charge >= 0.3 is 12.2 Å². The van der Waals surface area contributed by atoms with Gasteiger partial charge in [0.2, 0.25) is 0 Å². The molecule has 0 aliphatic rings. The van der Waals surface area contributed by atoms with Gasteiger partial charge in [-0.1, -0.05) is 42.8 Å². The van der Waals surface area contributed by atoms with Crippen LogP contribution in [-0.4, -0.2) is 24.9 Å². The van der Waals surface area contributed by atoms with Gasteiger partial charge in [0.1, 0.15) is 0 Å². The zero-order valence-corrected chi connectivity index (χ0v) is 11.3. The normalized spacial score (nSPS) is 10.9. The highest BCUT2D eigenvalue weighted by atomic mass is 16.6. The van der Waals surface area contributed by atoms with Crippen molar-refractivity contribution in [3.63, 3.8) is 0 Å². The molecule has 0 heterocycles. The molecular formula is C12H22N2O4. The summed E-state index contributed by atoms with van der Waals surface area (Å²) in [6.07, 6.45) is 3.30. The van der Waals surface area contributed by atoms with E-state index in [9.17, 15) is 9.59 Å². The fraction of sp³-hybridized carbons (Fsp3) is 0.833. The van der Waals surface area contributed by atoms with Crippen molar-refractivity contribution in [3.8, 4) is 0 Å². The van der Waals surface area contributed by atoms with Gasteiger partial charge in [-0.2, -0.15) is 0 Å². The summed E-state index contributed by atoms with van der Waals surface area (Å²) in [6, 6.07) is 0. The standard InChI is InChI=1S/C12H22N2O4/c1-4-5-6-7-8-9-17-11(15)13-14-12(16)18-10(2)3/h10H,4-9H2,1-3H3. The first kappa shape index (κ1) is 16.5. The van der Waals surface area contributed by atoms with Crippen LogP contribution in [0.25, 0.3) is 0 Å². The van der Waals surface area contributed by atoms with Gasteiger partial charge in [-0.3, -0.25) is 0 Å². The molecule has 0 radical (unpaired) electrons. The molecule has 0 rings (SSSR count). The number of carbonyl (C=O) groups is 2. The zero-order valence-electron chi connectivity index (χ0n) is 11.3. The lowest BCUT2D eigenvalue weighted by atomic mass is 10.2. The van der Waals surface area contributed by atoms with Crippen molar-refractivity contribution in [2.24, 2.45) is 10.2 Å². The summed E-state index contributed by atoms with van der Waals surface area (Å²) in [5.41, 5.74) is 0. The molecule has 0 aromatic carbocycles. The second-order valence-electron chi connectivity index (χ2n) is 4.16. The Balaban J connectivity index is 3.58. The minimum atomic E-state index is -0.884. The lowest BCUT2D eigenvalue weighted by molar-refractivity contribution is 0.121. The average Bonchev–Trinajstić information content (AvgIpc) is 2.30. The van der Waals surface area contributed by atoms with Gasteiger partial charge in [-0.15, -0.1) is 0 Å². The van der Waals surface area contributed by atoms with Crippen LogP contribution in [0.1, 0.15) is 52.9 Å². The van der Waals surface area contributed by atoms with E-state index in [1.165, 1.54) is 12.8 Å². The highest BCUT2D eigenvalue weighted by molar-refractivity contribution is 5.73. The van der Waals surface area contributed by atoms with Crippen LogP contribution in [0.3, 0.4) is 0 Å². The predicted molar refractivity (Wildman–Crippen MR) is 66.6 cm³/mol. The van der Waals surface area contributed by atoms with E-state index in [1.54, 1.807) is 13.8 Å². The molecule has 0 saturated heterocycles. The number of nitrogens with zero attached hydrogens (tertiary/aromatic N) is 2. The molecule has 6 heteroatoms. The number of hydrogen-bond donors (Lipinski definition) is 0. The maximum absolute atomic E-state index is 11.0. The number of hydrogen-bond acceptors (Lipinski definition) is 4. The summed E-state index contributed by atoms with van der Waals surface area (Å²) < 4.78 is 9.43. The molecule has 0 unspecified atom stereocenters. The van der Waals surface area contributed by atoms with E-state index in [0.29, 0.717) is 6.61 Å². The minimum absolute atomic E-state index is 0.286. The van der Waals surface area contributed by atoms with E-state index in [0.717, 1.165) is 19.3 Å². The third kappa shape index (κ3) is 11.0. The molecule has 0 N–H and O–H groups in total. The van der Waals surface area contributed by atoms with Gasteiger partial charge < -0.3 is 9.47 Å². The highest BCUT2D eigenvalue weighted by Crippen LogP contribution is 2.03. The Morgan fingerprint density at radius 3 is 2.22 bits per heavy atom. The van der Waals surface area contributed by atoms with Gasteiger partial charge in [-0.25, -0.2) is 9.59 Å². The van der Waals surface area contributed by atoms with E-state index < -0.39 is 12.2 Å². The second-order valence-corrected chi connectivity index (χ2v) is 4.16. The van der Waals surface area contributed by atoms with E-state index in [1.807, 2.05) is 0 Å². The first-order valence-electron chi connectivity index (χ1n) is 6.35. The van der Waals surface area contributed by atoms with Crippen molar-refractivity contribution in [1.29, 1.82) is 0 Å². The molecule has 0 aromatic heterocycles. The van der Waals surface area contributed by atoms with Crippen LogP contribution in [0, 0.1) is 0 Å². The molecule has 18 heavy (non-hydrogen) atoms. The maximum Gasteiger partial charge on any atom is 0.452 e. The maximum atomic E-state index is 11.0. The van der Waals surface area contributed by atoms with Crippen LogP contribution in [0.2, 0.25) is 0 Å². The molecule has 104 valence electrons. The molecule has 0 atom stereocenters. The third-order valence-electron chi connectivity index (χ3n) is 2.02. The first-order chi connectivity index (χ1) is 8.56. The Labute approximate surface area is 108 Å². The highest BCUT2D eigenvalue weighted by Gasteiger charge is 2.05. The van der Waals surface area contributed by atoms with Crippen LogP contribution in [0.5, 0.6) is 0 Å². The van der Waals surface area contributed by atoms with Crippen LogP contribution in [0.15, 0.2) is 10.2 Å². The largest absolute Gasteiger partial charge is 0.452 e. The van der Waals surface area contributed by atoms with Gasteiger partial charge in [-0.05, 0) is 20.3 Å². The lowest BCUT2D eigenvalue weighted by Crippen LogP contribution is -2.07. The topological polar surface area (TPSA) is 77.3 Å². The molecular weight excluding hydrogens is 236 g/mol. The predicted octanol–water partition coefficient (Wildman–Crippen LogP) is 4.09. The minimum Gasteiger partial charge on any atom is -0.447 e. The quantitative estimate of drug-likeness (QED) is 0.509. The Bertz CT molecular complexity index is 277. The summed E-state index contributed by atoms with van der Waals surface area (Å²) in [7, 11) is 0. The first-order valence-corrected chi connectivity index (χ1v) is 6.35. The molecule has 0 aromatic rings. The molecule has 0 bridgehead atoms. The van der Waals surface area contributed by atoms with Gasteiger partial charge in [0.25, 0.3) is 0 Å². The molecule has 0 saturated carbocycles. The SMILES string of the molecule is CCCCCCCOC(=O)N=NC(=O)OC(C)C. The van der Waals surface area contributed by atoms with Crippen molar-refractivity contribution in [2.75, 3.05) is 6.61 Å². The van der Waals surface area contributed by atoms with E-state index in [2.05, 4.69) is 21.9 Å². The van der Waals surface area contributed by atoms with Crippen molar-refractivity contribution < 1.29 is 19.1 Å². The van der Waals surface area contributed by atoms with E-state index in [-0.39, 0.29) is 6.10 Å². The number of carbonyl (C=O) groups excluding carboxylic acids is 2. The van der Waals surface area contributed by atoms with Gasteiger partial charge in [0.05, 0.1) is 12.7 Å². The van der Waals surface area contributed by atoms with Crippen LogP contribution < -0.4 is 0 Å². The number of ether oxygens (including phenoxy) is 2. The zero-order chi connectivity index (χ0) is 13.8. The lowest BCUT2D eigenvalue weighted by Gasteiger charge is -2.02. The Kier molecular flexibility index (Phi) is 9.81. The van der Waals surface area contributed by atoms with Crippen molar-refractivity contribution >= 4 is 12.2 Å². The Morgan fingerprint density at radius 2 is 1.61 bits per heavy atom. The molecule has 2 amide bonds. The molecule has 0 aliphatic carbocycles. The second kappa shape index (κ2) is 10.7. The summed E-state index contributed by atoms with van der Waals surface area (Å²) in [4.78, 5) is 21.9. The molecule has 0 fully saturated rings. The van der Waals surface area contributed by atoms with Gasteiger partial charge in [0.15, 0.2) is 0 Å². The summed E-state index contributed by atoms with van der Waals surface area (Å²) in [5.74, 6) is 0. The van der Waals surface area contributed by atoms with E-state index >= 15 is 0 Å². The van der Waals surface area contributed by atoms with Gasteiger partial charge in [0, 0.05) is 0 Å². The van der Waals surface area contributed by atoms with Crippen LogP contribution in [0.4, 0.5) is 9.59 Å². The van der Waals surface area contributed by atoms with E-state index in [4.69, 9.17) is 4.74 Å². The third-order valence-corrected chi connectivity index (χ3v) is 2.02. The fourth-order valence-corrected chi connectivity index (χ4v) is 1.20. The fourth-order valence-electron chi connectivity index (χ4n) is 1.20. The summed E-state index contributed by atoms with van der Waals surface area (Å²) in [5, 5.41) is 6.18. The van der Waals surface area contributed by atoms with Crippen molar-refractivity contribution in [2.45, 2.75) is 59.0 Å². The Hall–Kier alpha value is -1.46. The van der Waals surface area contributed by atoms with Crippen molar-refractivity contribution in [3.05, 3.63) is 0 Å².